The molecule has 0 aliphatic rings. The highest BCUT2D eigenvalue weighted by molar-refractivity contribution is 7.93. The number of aromatic nitrogens is 3. The fraction of sp³-hybridized carbons (Fsp3) is 0.353. The Labute approximate surface area is 165 Å². The van der Waals surface area contributed by atoms with Crippen LogP contribution in [-0.4, -0.2) is 47.0 Å². The number of fused-ring (bicyclic) bond motifs is 1. The van der Waals surface area contributed by atoms with E-state index in [-0.39, 0.29) is 22.5 Å². The molecule has 11 heteroatoms. The van der Waals surface area contributed by atoms with Gasteiger partial charge in [0.15, 0.2) is 0 Å². The number of hydrogen-bond acceptors (Lipinski definition) is 7. The van der Waals surface area contributed by atoms with Crippen LogP contribution in [0.4, 0.5) is 9.18 Å². The molecule has 1 N–H and O–H groups in total. The lowest BCUT2D eigenvalue weighted by Crippen LogP contribution is -2.35. The van der Waals surface area contributed by atoms with E-state index in [1.54, 1.807) is 39.1 Å². The molecule has 0 radical (unpaired) electrons. The van der Waals surface area contributed by atoms with E-state index in [1.807, 2.05) is 0 Å². The SMILES string of the molecule is CC(C)(C)OC(=O)NCCS(=O)(=O)c1nn2cc(-c3ccc(F)cc3)nc2s1. The number of imidazole rings is 1. The zero-order valence-corrected chi connectivity index (χ0v) is 17.1. The summed E-state index contributed by atoms with van der Waals surface area (Å²) >= 11 is 0.926. The second-order valence-electron chi connectivity index (χ2n) is 6.98. The van der Waals surface area contributed by atoms with Crippen LogP contribution in [0, 0.1) is 5.82 Å². The number of alkyl carbamates (subject to hydrolysis) is 1. The lowest BCUT2D eigenvalue weighted by Gasteiger charge is -2.19. The Kier molecular flexibility index (Phi) is 5.39. The molecular weight excluding hydrogens is 407 g/mol. The molecule has 3 aromatic rings. The zero-order valence-electron chi connectivity index (χ0n) is 15.5. The summed E-state index contributed by atoms with van der Waals surface area (Å²) in [6.07, 6.45) is 0.900. The highest BCUT2D eigenvalue weighted by atomic mass is 32.2. The Balaban J connectivity index is 1.68. The summed E-state index contributed by atoms with van der Waals surface area (Å²) < 4.78 is 44.2. The molecule has 8 nitrogen and oxygen atoms in total. The van der Waals surface area contributed by atoms with Crippen LogP contribution >= 0.6 is 11.3 Å². The van der Waals surface area contributed by atoms with Gasteiger partial charge in [-0.2, -0.15) is 0 Å². The molecule has 2 heterocycles. The number of nitrogens with one attached hydrogen (secondary N) is 1. The van der Waals surface area contributed by atoms with Gasteiger partial charge in [-0.3, -0.25) is 0 Å². The molecule has 2 aromatic heterocycles. The highest BCUT2D eigenvalue weighted by Gasteiger charge is 2.22. The molecule has 0 aliphatic carbocycles. The third-order valence-corrected chi connectivity index (χ3v) is 6.55. The maximum atomic E-state index is 13.0. The number of benzene rings is 1. The van der Waals surface area contributed by atoms with E-state index < -0.39 is 21.5 Å². The van der Waals surface area contributed by atoms with Gasteiger partial charge in [0.25, 0.3) is 0 Å². The molecular formula is C17H19FN4O4S2. The van der Waals surface area contributed by atoms with Gasteiger partial charge in [-0.1, -0.05) is 11.3 Å². The summed E-state index contributed by atoms with van der Waals surface area (Å²) in [5, 5.41) is 6.48. The predicted molar refractivity (Wildman–Crippen MR) is 103 cm³/mol. The first-order valence-corrected chi connectivity index (χ1v) is 10.8. The van der Waals surface area contributed by atoms with Crippen LogP contribution < -0.4 is 5.32 Å². The number of nitrogens with zero attached hydrogens (tertiary/aromatic N) is 3. The third-order valence-electron chi connectivity index (χ3n) is 3.47. The van der Waals surface area contributed by atoms with Crippen molar-refractivity contribution in [3.63, 3.8) is 0 Å². The van der Waals surface area contributed by atoms with Gasteiger partial charge >= 0.3 is 6.09 Å². The summed E-state index contributed by atoms with van der Waals surface area (Å²) in [5.41, 5.74) is 0.602. The molecule has 0 unspecified atom stereocenters. The topological polar surface area (TPSA) is 103 Å². The van der Waals surface area contributed by atoms with E-state index in [4.69, 9.17) is 4.74 Å². The minimum Gasteiger partial charge on any atom is -0.444 e. The normalized spacial score (nSPS) is 12.3. The summed E-state index contributed by atoms with van der Waals surface area (Å²) in [5.74, 6) is -0.662. The monoisotopic (exact) mass is 426 g/mol. The molecule has 150 valence electrons. The maximum absolute atomic E-state index is 13.0. The zero-order chi connectivity index (χ0) is 20.5. The van der Waals surface area contributed by atoms with Crippen LogP contribution in [0.3, 0.4) is 0 Å². The van der Waals surface area contributed by atoms with E-state index in [2.05, 4.69) is 15.4 Å². The van der Waals surface area contributed by atoms with Crippen molar-refractivity contribution in [2.45, 2.75) is 30.7 Å². The number of hydrogen-bond donors (Lipinski definition) is 1. The van der Waals surface area contributed by atoms with Gasteiger partial charge in [0, 0.05) is 12.1 Å². The average Bonchev–Trinajstić information content (AvgIpc) is 3.13. The Morgan fingerprint density at radius 3 is 2.57 bits per heavy atom. The van der Waals surface area contributed by atoms with Gasteiger partial charge in [0.05, 0.1) is 17.6 Å². The molecule has 3 rings (SSSR count). The number of carbonyl (C=O) groups is 1. The number of carbonyl (C=O) groups excluding carboxylic acids is 1. The second-order valence-corrected chi connectivity index (χ2v) is 10.2. The molecule has 0 saturated carbocycles. The Morgan fingerprint density at radius 2 is 1.96 bits per heavy atom. The third kappa shape index (κ3) is 4.84. The van der Waals surface area contributed by atoms with Crippen molar-refractivity contribution in [2.75, 3.05) is 12.3 Å². The molecule has 28 heavy (non-hydrogen) atoms. The first-order valence-electron chi connectivity index (χ1n) is 8.35. The van der Waals surface area contributed by atoms with Crippen LogP contribution in [0.5, 0.6) is 0 Å². The number of halogens is 1. The van der Waals surface area contributed by atoms with Gasteiger partial charge in [-0.15, -0.1) is 5.10 Å². The largest absolute Gasteiger partial charge is 0.444 e. The minimum absolute atomic E-state index is 0.0911. The van der Waals surface area contributed by atoms with Crippen LogP contribution in [0.15, 0.2) is 34.8 Å². The van der Waals surface area contributed by atoms with Crippen molar-refractivity contribution in [2.24, 2.45) is 0 Å². The molecule has 0 atom stereocenters. The molecule has 0 spiro atoms. The molecule has 1 amide bonds. The molecule has 0 aliphatic heterocycles. The quantitative estimate of drug-likeness (QED) is 0.673. The number of amides is 1. The minimum atomic E-state index is -3.69. The molecule has 0 saturated heterocycles. The summed E-state index contributed by atoms with van der Waals surface area (Å²) in [6.45, 7) is 5.05. The average molecular weight is 426 g/mol. The summed E-state index contributed by atoms with van der Waals surface area (Å²) in [6, 6.07) is 5.82. The van der Waals surface area contributed by atoms with Crippen LogP contribution in [0.1, 0.15) is 20.8 Å². The molecule has 0 bridgehead atoms. The van der Waals surface area contributed by atoms with Gasteiger partial charge in [-0.25, -0.2) is 27.1 Å². The maximum Gasteiger partial charge on any atom is 0.407 e. The predicted octanol–water partition coefficient (Wildman–Crippen LogP) is 2.90. The lowest BCUT2D eigenvalue weighted by atomic mass is 10.2. The van der Waals surface area contributed by atoms with E-state index >= 15 is 0 Å². The van der Waals surface area contributed by atoms with Crippen molar-refractivity contribution in [3.8, 4) is 11.3 Å². The number of rotatable bonds is 5. The first-order chi connectivity index (χ1) is 13.0. The smallest absolute Gasteiger partial charge is 0.407 e. The van der Waals surface area contributed by atoms with Gasteiger partial charge < -0.3 is 10.1 Å². The van der Waals surface area contributed by atoms with Gasteiger partial charge in [-0.05, 0) is 45.0 Å². The van der Waals surface area contributed by atoms with Crippen molar-refractivity contribution in [1.82, 2.24) is 19.9 Å². The fourth-order valence-electron chi connectivity index (χ4n) is 2.26. The van der Waals surface area contributed by atoms with E-state index in [0.29, 0.717) is 16.2 Å². The van der Waals surface area contributed by atoms with Crippen LogP contribution in [0.25, 0.3) is 16.2 Å². The first kappa shape index (κ1) is 20.2. The standard InChI is InChI=1S/C17H19FN4O4S2/c1-17(2,3)26-15(23)19-8-9-28(24,25)16-21-22-10-13(20-14(22)27-16)11-4-6-12(18)7-5-11/h4-7,10H,8-9H2,1-3H3,(H,19,23). The van der Waals surface area contributed by atoms with Crippen molar-refractivity contribution >= 4 is 32.2 Å². The number of ether oxygens (including phenoxy) is 1. The molecule has 0 fully saturated rings. The van der Waals surface area contributed by atoms with Gasteiger partial charge in [0.2, 0.25) is 19.1 Å². The fourth-order valence-corrected chi connectivity index (χ4v) is 4.61. The van der Waals surface area contributed by atoms with Crippen molar-refractivity contribution in [1.29, 1.82) is 0 Å². The van der Waals surface area contributed by atoms with Crippen LogP contribution in [-0.2, 0) is 14.6 Å². The van der Waals surface area contributed by atoms with Gasteiger partial charge in [0.1, 0.15) is 11.4 Å². The summed E-state index contributed by atoms with van der Waals surface area (Å²) in [7, 11) is -3.69. The Bertz CT molecular complexity index is 1070. The van der Waals surface area contributed by atoms with Crippen molar-refractivity contribution < 1.29 is 22.3 Å². The van der Waals surface area contributed by atoms with Crippen molar-refractivity contribution in [3.05, 3.63) is 36.3 Å². The summed E-state index contributed by atoms with van der Waals surface area (Å²) in [4.78, 5) is 16.3. The Hall–Kier alpha value is -2.53. The lowest BCUT2D eigenvalue weighted by molar-refractivity contribution is 0.0531. The number of sulfone groups is 1. The van der Waals surface area contributed by atoms with E-state index in [1.165, 1.54) is 16.6 Å². The van der Waals surface area contributed by atoms with E-state index in [0.717, 1.165) is 11.3 Å². The molecule has 1 aromatic carbocycles. The van der Waals surface area contributed by atoms with E-state index in [9.17, 15) is 17.6 Å². The second kappa shape index (κ2) is 7.47. The van der Waals surface area contributed by atoms with Crippen LogP contribution in [0.2, 0.25) is 0 Å². The Morgan fingerprint density at radius 1 is 1.29 bits per heavy atom. The highest BCUT2D eigenvalue weighted by Crippen LogP contribution is 2.25.